The van der Waals surface area contributed by atoms with Crippen LogP contribution in [0.5, 0.6) is 0 Å². The first kappa shape index (κ1) is 15.7. The summed E-state index contributed by atoms with van der Waals surface area (Å²) in [7, 11) is 1.87. The number of aliphatic carboxylic acids is 1. The SMILES string of the molecule is Cc1cc(C)c(CCN(C)C(C)(C)C(=O)O)c(C)c1. The number of benzene rings is 1. The van der Waals surface area contributed by atoms with Gasteiger partial charge in [-0.1, -0.05) is 17.7 Å². The summed E-state index contributed by atoms with van der Waals surface area (Å²) < 4.78 is 0. The molecule has 0 saturated heterocycles. The molecule has 0 saturated carbocycles. The van der Waals surface area contributed by atoms with E-state index in [2.05, 4.69) is 32.9 Å². The van der Waals surface area contributed by atoms with Gasteiger partial charge in [0.05, 0.1) is 0 Å². The van der Waals surface area contributed by atoms with Crippen molar-refractivity contribution in [3.8, 4) is 0 Å². The molecule has 0 spiro atoms. The van der Waals surface area contributed by atoms with Crippen molar-refractivity contribution >= 4 is 5.97 Å². The average Bonchev–Trinajstić information content (AvgIpc) is 2.26. The molecule has 0 radical (unpaired) electrons. The highest BCUT2D eigenvalue weighted by atomic mass is 16.4. The van der Waals surface area contributed by atoms with Crippen molar-refractivity contribution in [2.45, 2.75) is 46.6 Å². The van der Waals surface area contributed by atoms with Crippen LogP contribution < -0.4 is 0 Å². The molecule has 0 fully saturated rings. The van der Waals surface area contributed by atoms with Gasteiger partial charge in [-0.25, -0.2) is 0 Å². The van der Waals surface area contributed by atoms with Crippen LogP contribution in [0.4, 0.5) is 0 Å². The molecule has 0 amide bonds. The molecule has 0 aliphatic carbocycles. The van der Waals surface area contributed by atoms with Gasteiger partial charge in [0.25, 0.3) is 0 Å². The zero-order valence-electron chi connectivity index (χ0n) is 12.9. The van der Waals surface area contributed by atoms with Gasteiger partial charge < -0.3 is 5.11 Å². The number of hydrogen-bond acceptors (Lipinski definition) is 2. The zero-order chi connectivity index (χ0) is 14.8. The van der Waals surface area contributed by atoms with E-state index < -0.39 is 11.5 Å². The minimum absolute atomic E-state index is 0.740. The molecule has 0 atom stereocenters. The van der Waals surface area contributed by atoms with E-state index in [4.69, 9.17) is 0 Å². The predicted octanol–water partition coefficient (Wildman–Crippen LogP) is 2.95. The lowest BCUT2D eigenvalue weighted by Gasteiger charge is -2.31. The molecule has 0 heterocycles. The van der Waals surface area contributed by atoms with Crippen LogP contribution in [0.3, 0.4) is 0 Å². The molecule has 1 N–H and O–H groups in total. The second-order valence-corrected chi connectivity index (χ2v) is 5.91. The van der Waals surface area contributed by atoms with E-state index in [-0.39, 0.29) is 0 Å². The van der Waals surface area contributed by atoms with Crippen molar-refractivity contribution in [2.75, 3.05) is 13.6 Å². The maximum atomic E-state index is 11.2. The Morgan fingerprint density at radius 2 is 1.68 bits per heavy atom. The van der Waals surface area contributed by atoms with Gasteiger partial charge in [0.15, 0.2) is 0 Å². The maximum Gasteiger partial charge on any atom is 0.323 e. The molecular weight excluding hydrogens is 238 g/mol. The summed E-state index contributed by atoms with van der Waals surface area (Å²) in [5.41, 5.74) is 4.36. The van der Waals surface area contributed by atoms with Crippen LogP contribution in [0.1, 0.15) is 36.1 Å². The Morgan fingerprint density at radius 1 is 1.21 bits per heavy atom. The highest BCUT2D eigenvalue weighted by Gasteiger charge is 2.31. The molecule has 1 rings (SSSR count). The molecule has 3 nitrogen and oxygen atoms in total. The highest BCUT2D eigenvalue weighted by molar-refractivity contribution is 5.77. The molecule has 0 bridgehead atoms. The highest BCUT2D eigenvalue weighted by Crippen LogP contribution is 2.19. The van der Waals surface area contributed by atoms with E-state index in [1.54, 1.807) is 13.8 Å². The minimum atomic E-state index is -0.827. The van der Waals surface area contributed by atoms with Crippen LogP contribution in [-0.2, 0) is 11.2 Å². The lowest BCUT2D eigenvalue weighted by atomic mass is 9.96. The Hall–Kier alpha value is -1.35. The van der Waals surface area contributed by atoms with Crippen LogP contribution in [0.15, 0.2) is 12.1 Å². The summed E-state index contributed by atoms with van der Waals surface area (Å²) in [5, 5.41) is 9.21. The summed E-state index contributed by atoms with van der Waals surface area (Å²) in [5.74, 6) is -0.785. The largest absolute Gasteiger partial charge is 0.480 e. The Labute approximate surface area is 116 Å². The molecule has 0 aliphatic heterocycles. The fraction of sp³-hybridized carbons (Fsp3) is 0.562. The standard InChI is InChI=1S/C16H25NO2/c1-11-9-12(2)14(13(3)10-11)7-8-17(6)16(4,5)15(18)19/h9-10H,7-8H2,1-6H3,(H,18,19). The van der Waals surface area contributed by atoms with Crippen molar-refractivity contribution in [1.82, 2.24) is 4.90 Å². The first-order valence-electron chi connectivity index (χ1n) is 6.67. The van der Waals surface area contributed by atoms with Gasteiger partial charge in [-0.2, -0.15) is 0 Å². The molecule has 0 aliphatic rings. The third kappa shape index (κ3) is 3.57. The summed E-state index contributed by atoms with van der Waals surface area (Å²) in [6, 6.07) is 4.37. The van der Waals surface area contributed by atoms with E-state index in [0.29, 0.717) is 0 Å². The topological polar surface area (TPSA) is 40.5 Å². The van der Waals surface area contributed by atoms with Crippen molar-refractivity contribution in [3.05, 3.63) is 34.4 Å². The molecular formula is C16H25NO2. The summed E-state index contributed by atoms with van der Waals surface area (Å²) in [4.78, 5) is 13.1. The number of hydrogen-bond donors (Lipinski definition) is 1. The van der Waals surface area contributed by atoms with Crippen LogP contribution in [0.25, 0.3) is 0 Å². The van der Waals surface area contributed by atoms with E-state index in [0.717, 1.165) is 13.0 Å². The summed E-state index contributed by atoms with van der Waals surface area (Å²) in [6.07, 6.45) is 0.880. The zero-order valence-corrected chi connectivity index (χ0v) is 12.9. The number of aryl methyl sites for hydroxylation is 3. The normalized spacial score (nSPS) is 11.9. The molecule has 1 aromatic carbocycles. The first-order valence-corrected chi connectivity index (χ1v) is 6.67. The smallest absolute Gasteiger partial charge is 0.323 e. The monoisotopic (exact) mass is 263 g/mol. The Kier molecular flexibility index (Phi) is 4.75. The lowest BCUT2D eigenvalue weighted by molar-refractivity contribution is -0.148. The fourth-order valence-electron chi connectivity index (χ4n) is 2.33. The van der Waals surface area contributed by atoms with Crippen LogP contribution in [0, 0.1) is 20.8 Å². The van der Waals surface area contributed by atoms with Crippen molar-refractivity contribution < 1.29 is 9.90 Å². The maximum absolute atomic E-state index is 11.2. The molecule has 106 valence electrons. The van der Waals surface area contributed by atoms with Gasteiger partial charge in [-0.05, 0) is 64.8 Å². The quantitative estimate of drug-likeness (QED) is 0.888. The van der Waals surface area contributed by atoms with Crippen LogP contribution >= 0.6 is 0 Å². The molecule has 1 aromatic rings. The summed E-state index contributed by atoms with van der Waals surface area (Å²) in [6.45, 7) is 10.6. The van der Waals surface area contributed by atoms with Gasteiger partial charge >= 0.3 is 5.97 Å². The number of carboxylic acids is 1. The van der Waals surface area contributed by atoms with E-state index >= 15 is 0 Å². The van der Waals surface area contributed by atoms with Gasteiger partial charge in [0.1, 0.15) is 5.54 Å². The second-order valence-electron chi connectivity index (χ2n) is 5.91. The van der Waals surface area contributed by atoms with Gasteiger partial charge in [-0.15, -0.1) is 0 Å². The molecule has 3 heteroatoms. The Balaban J connectivity index is 2.81. The molecule has 0 aromatic heterocycles. The van der Waals surface area contributed by atoms with Crippen LogP contribution in [-0.4, -0.2) is 35.1 Å². The van der Waals surface area contributed by atoms with Gasteiger partial charge in [0, 0.05) is 6.54 Å². The first-order chi connectivity index (χ1) is 8.66. The number of carboxylic acid groups (broad SMARTS) is 1. The van der Waals surface area contributed by atoms with E-state index in [9.17, 15) is 9.90 Å². The third-order valence-corrected chi connectivity index (χ3v) is 4.02. The predicted molar refractivity (Wildman–Crippen MR) is 78.7 cm³/mol. The van der Waals surface area contributed by atoms with Crippen molar-refractivity contribution in [1.29, 1.82) is 0 Å². The number of likely N-dealkylation sites (N-methyl/N-ethyl adjacent to an activating group) is 1. The third-order valence-electron chi connectivity index (χ3n) is 4.02. The number of carbonyl (C=O) groups is 1. The second kappa shape index (κ2) is 5.74. The minimum Gasteiger partial charge on any atom is -0.480 e. The lowest BCUT2D eigenvalue weighted by Crippen LogP contribution is -2.48. The fourth-order valence-corrected chi connectivity index (χ4v) is 2.33. The van der Waals surface area contributed by atoms with Crippen LogP contribution in [0.2, 0.25) is 0 Å². The number of nitrogens with zero attached hydrogens (tertiary/aromatic N) is 1. The summed E-state index contributed by atoms with van der Waals surface area (Å²) >= 11 is 0. The molecule has 19 heavy (non-hydrogen) atoms. The average molecular weight is 263 g/mol. The van der Waals surface area contributed by atoms with E-state index in [1.807, 2.05) is 11.9 Å². The molecule has 0 unspecified atom stereocenters. The van der Waals surface area contributed by atoms with Gasteiger partial charge in [0.2, 0.25) is 0 Å². The van der Waals surface area contributed by atoms with Gasteiger partial charge in [-0.3, -0.25) is 9.69 Å². The van der Waals surface area contributed by atoms with E-state index in [1.165, 1.54) is 22.3 Å². The number of rotatable bonds is 5. The van der Waals surface area contributed by atoms with Crippen molar-refractivity contribution in [2.24, 2.45) is 0 Å². The Morgan fingerprint density at radius 3 is 2.11 bits per heavy atom. The Bertz CT molecular complexity index is 455. The van der Waals surface area contributed by atoms with Crippen molar-refractivity contribution in [3.63, 3.8) is 0 Å².